The fourth-order valence-electron chi connectivity index (χ4n) is 4.70. The lowest BCUT2D eigenvalue weighted by Crippen LogP contribution is -2.56. The van der Waals surface area contributed by atoms with Crippen molar-refractivity contribution in [3.63, 3.8) is 0 Å². The zero-order valence-electron chi connectivity index (χ0n) is 17.4. The average molecular weight is 417 g/mol. The fraction of sp³-hybridized carbons (Fsp3) is 0.320. The molecule has 3 unspecified atom stereocenters. The number of carboxylic acids is 1. The minimum Gasteiger partial charge on any atom is -0.550 e. The molecule has 0 aliphatic carbocycles. The van der Waals surface area contributed by atoms with Gasteiger partial charge in [0.05, 0.1) is 6.04 Å². The van der Waals surface area contributed by atoms with Gasteiger partial charge in [-0.3, -0.25) is 9.59 Å². The Morgan fingerprint density at radius 2 is 1.84 bits per heavy atom. The minimum atomic E-state index is -1.20. The Morgan fingerprint density at radius 3 is 2.55 bits per heavy atom. The third kappa shape index (κ3) is 3.98. The van der Waals surface area contributed by atoms with Gasteiger partial charge in [0, 0.05) is 53.4 Å². The first-order valence-electron chi connectivity index (χ1n) is 10.7. The van der Waals surface area contributed by atoms with Crippen molar-refractivity contribution >= 4 is 28.6 Å². The van der Waals surface area contributed by atoms with Gasteiger partial charge >= 0.3 is 0 Å². The number of H-pyrrole nitrogens is 1. The van der Waals surface area contributed by atoms with E-state index in [1.54, 1.807) is 36.1 Å². The number of carboxylic acid groups (broad SMARTS) is 1. The number of amides is 1. The van der Waals surface area contributed by atoms with Crippen LogP contribution in [-0.4, -0.2) is 40.1 Å². The molecule has 1 amide bonds. The summed E-state index contributed by atoms with van der Waals surface area (Å²) in [6, 6.07) is 16.0. The molecule has 6 nitrogen and oxygen atoms in total. The van der Waals surface area contributed by atoms with Crippen LogP contribution in [0.1, 0.15) is 35.7 Å². The van der Waals surface area contributed by atoms with E-state index in [0.29, 0.717) is 31.4 Å². The van der Waals surface area contributed by atoms with E-state index in [0.717, 1.165) is 16.5 Å². The number of aromatic nitrogens is 1. The summed E-state index contributed by atoms with van der Waals surface area (Å²) < 4.78 is 0. The van der Waals surface area contributed by atoms with Crippen molar-refractivity contribution in [2.24, 2.45) is 11.8 Å². The van der Waals surface area contributed by atoms with Crippen molar-refractivity contribution < 1.29 is 19.5 Å². The number of rotatable bonds is 6. The van der Waals surface area contributed by atoms with Crippen LogP contribution in [0.2, 0.25) is 0 Å². The Hall–Kier alpha value is -3.41. The monoisotopic (exact) mass is 417 g/mol. The largest absolute Gasteiger partial charge is 0.550 e. The molecule has 160 valence electrons. The molecule has 1 N–H and O–H groups in total. The zero-order valence-corrected chi connectivity index (χ0v) is 17.4. The highest BCUT2D eigenvalue weighted by atomic mass is 16.4. The summed E-state index contributed by atoms with van der Waals surface area (Å²) in [6.45, 7) is 2.09. The molecule has 0 spiro atoms. The predicted octanol–water partition coefficient (Wildman–Crippen LogP) is 2.59. The third-order valence-corrected chi connectivity index (χ3v) is 6.35. The zero-order chi connectivity index (χ0) is 22.0. The van der Waals surface area contributed by atoms with Gasteiger partial charge in [-0.05, 0) is 36.6 Å². The number of likely N-dealkylation sites (tertiary alicyclic amines) is 1. The van der Waals surface area contributed by atoms with Gasteiger partial charge in [0.1, 0.15) is 0 Å². The molecule has 6 heteroatoms. The van der Waals surface area contributed by atoms with E-state index in [1.807, 2.05) is 36.5 Å². The molecule has 1 aliphatic rings. The summed E-state index contributed by atoms with van der Waals surface area (Å²) in [4.78, 5) is 43.3. The first-order chi connectivity index (χ1) is 15.0. The van der Waals surface area contributed by atoms with Crippen LogP contribution in [0.4, 0.5) is 0 Å². The normalized spacial score (nSPS) is 20.0. The number of aromatic amines is 1. The standard InChI is InChI=1S/C25H26N2O4/c1-2-18(25(30)31)20-12-13-27(24(29)16-8-4-3-5-9-16)22(23(20)28)14-17-15-26-21-11-7-6-10-19(17)21/h3-11,15,18,20,22,26H,2,12-14H2,1H3,(H,30,31)/p-1. The van der Waals surface area contributed by atoms with Crippen LogP contribution in [-0.2, 0) is 16.0 Å². The van der Waals surface area contributed by atoms with Crippen molar-refractivity contribution in [1.82, 2.24) is 9.88 Å². The number of carbonyl (C=O) groups is 3. The van der Waals surface area contributed by atoms with Gasteiger partial charge in [0.15, 0.2) is 5.78 Å². The summed E-state index contributed by atoms with van der Waals surface area (Å²) in [5, 5.41) is 12.7. The molecule has 1 aliphatic heterocycles. The van der Waals surface area contributed by atoms with Crippen molar-refractivity contribution in [2.45, 2.75) is 32.2 Å². The van der Waals surface area contributed by atoms with Crippen LogP contribution in [0, 0.1) is 11.8 Å². The molecule has 31 heavy (non-hydrogen) atoms. The van der Waals surface area contributed by atoms with E-state index in [-0.39, 0.29) is 11.7 Å². The van der Waals surface area contributed by atoms with Crippen molar-refractivity contribution in [1.29, 1.82) is 0 Å². The van der Waals surface area contributed by atoms with E-state index in [1.165, 1.54) is 0 Å². The summed E-state index contributed by atoms with van der Waals surface area (Å²) >= 11 is 0. The lowest BCUT2D eigenvalue weighted by atomic mass is 9.77. The van der Waals surface area contributed by atoms with E-state index in [9.17, 15) is 19.5 Å². The maximum atomic E-state index is 13.5. The summed E-state index contributed by atoms with van der Waals surface area (Å²) in [5.41, 5.74) is 2.41. The van der Waals surface area contributed by atoms with Gasteiger partial charge in [-0.15, -0.1) is 0 Å². The molecule has 0 radical (unpaired) electrons. The van der Waals surface area contributed by atoms with Crippen LogP contribution >= 0.6 is 0 Å². The van der Waals surface area contributed by atoms with Crippen LogP contribution < -0.4 is 5.11 Å². The maximum absolute atomic E-state index is 13.5. The van der Waals surface area contributed by atoms with Gasteiger partial charge in [0.25, 0.3) is 5.91 Å². The molecule has 2 aromatic carbocycles. The number of para-hydroxylation sites is 1. The van der Waals surface area contributed by atoms with Gasteiger partial charge in [-0.2, -0.15) is 0 Å². The van der Waals surface area contributed by atoms with Crippen LogP contribution in [0.3, 0.4) is 0 Å². The second-order valence-electron chi connectivity index (χ2n) is 8.08. The number of hydrogen-bond donors (Lipinski definition) is 1. The van der Waals surface area contributed by atoms with Crippen molar-refractivity contribution in [3.8, 4) is 0 Å². The first-order valence-corrected chi connectivity index (χ1v) is 10.7. The van der Waals surface area contributed by atoms with Gasteiger partial charge in [-0.1, -0.05) is 43.3 Å². The summed E-state index contributed by atoms with van der Waals surface area (Å²) in [6.07, 6.45) is 2.85. The molecule has 0 saturated carbocycles. The fourth-order valence-corrected chi connectivity index (χ4v) is 4.70. The molecule has 2 heterocycles. The summed E-state index contributed by atoms with van der Waals surface area (Å²) in [5.74, 6) is -3.10. The number of benzene rings is 2. The van der Waals surface area contributed by atoms with Crippen molar-refractivity contribution in [2.75, 3.05) is 6.54 Å². The maximum Gasteiger partial charge on any atom is 0.254 e. The van der Waals surface area contributed by atoms with Crippen molar-refractivity contribution in [3.05, 3.63) is 71.9 Å². The molecule has 1 saturated heterocycles. The van der Waals surface area contributed by atoms with E-state index >= 15 is 0 Å². The molecule has 0 bridgehead atoms. The second kappa shape index (κ2) is 8.76. The minimum absolute atomic E-state index is 0.197. The third-order valence-electron chi connectivity index (χ3n) is 6.35. The quantitative estimate of drug-likeness (QED) is 0.667. The first kappa shape index (κ1) is 20.8. The molecule has 1 aromatic heterocycles. The smallest absolute Gasteiger partial charge is 0.254 e. The van der Waals surface area contributed by atoms with Crippen LogP contribution in [0.15, 0.2) is 60.8 Å². The number of carbonyl (C=O) groups excluding carboxylic acids is 3. The SMILES string of the molecule is CCC(C(=O)[O-])C1CCN(C(=O)c2ccccc2)C(Cc2c[nH]c3ccccc23)C1=O. The van der Waals surface area contributed by atoms with Gasteiger partial charge < -0.3 is 19.8 Å². The Kier molecular flexibility index (Phi) is 5.89. The number of piperidine rings is 1. The number of ketones is 1. The molecule has 4 rings (SSSR count). The Morgan fingerprint density at radius 1 is 1.13 bits per heavy atom. The Balaban J connectivity index is 1.70. The second-order valence-corrected chi connectivity index (χ2v) is 8.08. The van der Waals surface area contributed by atoms with Crippen LogP contribution in [0.25, 0.3) is 10.9 Å². The lowest BCUT2D eigenvalue weighted by molar-refractivity contribution is -0.313. The Labute approximate surface area is 180 Å². The highest BCUT2D eigenvalue weighted by molar-refractivity contribution is 6.00. The van der Waals surface area contributed by atoms with Gasteiger partial charge in [-0.25, -0.2) is 0 Å². The lowest BCUT2D eigenvalue weighted by Gasteiger charge is -2.41. The molecule has 3 aromatic rings. The highest BCUT2D eigenvalue weighted by Gasteiger charge is 2.42. The number of Topliss-reactive ketones (excluding diaryl/α,β-unsaturated/α-hetero) is 1. The predicted molar refractivity (Wildman–Crippen MR) is 115 cm³/mol. The number of nitrogens with zero attached hydrogens (tertiary/aromatic N) is 1. The number of hydrogen-bond acceptors (Lipinski definition) is 4. The van der Waals surface area contributed by atoms with Crippen LogP contribution in [0.5, 0.6) is 0 Å². The van der Waals surface area contributed by atoms with E-state index in [2.05, 4.69) is 4.98 Å². The average Bonchev–Trinajstić information content (AvgIpc) is 3.19. The number of aliphatic carboxylic acids is 1. The number of nitrogens with one attached hydrogen (secondary N) is 1. The molecule has 1 fully saturated rings. The van der Waals surface area contributed by atoms with Gasteiger partial charge in [0.2, 0.25) is 0 Å². The van der Waals surface area contributed by atoms with E-state index in [4.69, 9.17) is 0 Å². The van der Waals surface area contributed by atoms with E-state index < -0.39 is 23.8 Å². The highest BCUT2D eigenvalue weighted by Crippen LogP contribution is 2.32. The molecule has 3 atom stereocenters. The topological polar surface area (TPSA) is 93.3 Å². The Bertz CT molecular complexity index is 1100. The number of fused-ring (bicyclic) bond motifs is 1. The molecular weight excluding hydrogens is 392 g/mol. The molecular formula is C25H25N2O4-. The summed E-state index contributed by atoms with van der Waals surface area (Å²) in [7, 11) is 0.